The molecule has 0 unspecified atom stereocenters. The Labute approximate surface area is 560 Å². The van der Waals surface area contributed by atoms with Crippen molar-refractivity contribution in [1.82, 2.24) is 19.9 Å². The lowest BCUT2D eigenvalue weighted by Gasteiger charge is -2.09. The fourth-order valence-electron chi connectivity index (χ4n) is 13.3. The van der Waals surface area contributed by atoms with Crippen LogP contribution in [0.15, 0.2) is 188 Å². The van der Waals surface area contributed by atoms with Crippen LogP contribution in [-0.2, 0) is 28.2 Å². The van der Waals surface area contributed by atoms with E-state index in [1.807, 2.05) is 52.0 Å². The monoisotopic (exact) mass is 1270 g/mol. The van der Waals surface area contributed by atoms with E-state index in [1.165, 1.54) is 50.2 Å². The standard InChI is InChI=1S/2C22H23N2O.2C20H19N2O/c1-13(2)16-8-11-19(24(5)12-16)20-14(3)6-9-17-18-10-7-15(4)23-22(18)25-21(17)20;1-13(2)16-10-11-24(5)19(12-16)20-14(3)6-8-17-18-9-7-15(4)23-22(18)25-21(17)20;1-12-5-10-17(22(4)11-12)18-13(2)6-8-15-16-9-7-14(3)21-20(16)23-19(15)18;1-12-9-10-22(4)17(11-12)18-13(2)5-7-15-16-8-6-14(3)21-20(16)23-19(15)18/h2*6-13H,1-5H3;2*5-11H,1-4H3/q4*+1. The van der Waals surface area contributed by atoms with E-state index in [2.05, 4.69) is 282 Å². The van der Waals surface area contributed by atoms with E-state index in [0.717, 1.165) is 128 Å². The zero-order chi connectivity index (χ0) is 67.7. The molecule has 0 spiro atoms. The molecule has 16 aromatic rings. The highest BCUT2D eigenvalue weighted by molar-refractivity contribution is 6.12. The number of hydrogen-bond acceptors (Lipinski definition) is 8. The lowest BCUT2D eigenvalue weighted by Crippen LogP contribution is -2.31. The van der Waals surface area contributed by atoms with Gasteiger partial charge in [0.2, 0.25) is 45.6 Å². The van der Waals surface area contributed by atoms with Crippen LogP contribution in [0.2, 0.25) is 0 Å². The smallest absolute Gasteiger partial charge is 0.227 e. The van der Waals surface area contributed by atoms with E-state index in [0.29, 0.717) is 34.7 Å². The summed E-state index contributed by atoms with van der Waals surface area (Å²) < 4.78 is 33.4. The Morgan fingerprint density at radius 2 is 0.604 bits per heavy atom. The van der Waals surface area contributed by atoms with Gasteiger partial charge in [0.25, 0.3) is 0 Å². The Hall–Kier alpha value is -10.7. The third kappa shape index (κ3) is 11.9. The molecule has 0 atom stereocenters. The number of nitrogens with zero attached hydrogens (tertiary/aromatic N) is 8. The quantitative estimate of drug-likeness (QED) is 0.151. The number of aryl methyl sites for hydroxylation is 14. The van der Waals surface area contributed by atoms with Gasteiger partial charge in [-0.05, 0) is 175 Å². The van der Waals surface area contributed by atoms with Gasteiger partial charge in [0.15, 0.2) is 47.1 Å². The Morgan fingerprint density at radius 1 is 0.281 bits per heavy atom. The molecule has 0 saturated carbocycles. The summed E-state index contributed by atoms with van der Waals surface area (Å²) >= 11 is 0. The molecule has 16 rings (SSSR count). The predicted octanol–water partition coefficient (Wildman–Crippen LogP) is 19.2. The molecule has 480 valence electrons. The molecular weight excluding hydrogens is 1180 g/mol. The number of aromatic nitrogens is 8. The SMILES string of the molecule is Cc1cc[n+](C)c(-c2c(C)ccc3c2oc2nc(C)ccc23)c1.Cc1ccc(-c2c(C)ccc3c2oc2nc(C)ccc23)[n+](C)c1.Cc1ccc2c(n1)oc1c(-c3cc(C(C)C)cc[n+]3C)c(C)ccc12.Cc1ccc2c(n1)oc1c(-c3ccc(C(C)C)c[n+]3C)c(C)ccc12. The molecule has 12 heteroatoms. The topological polar surface area (TPSA) is 120 Å². The Morgan fingerprint density at radius 3 is 0.958 bits per heavy atom. The van der Waals surface area contributed by atoms with Crippen molar-refractivity contribution in [3.8, 4) is 45.0 Å². The second kappa shape index (κ2) is 25.5. The van der Waals surface area contributed by atoms with Gasteiger partial charge in [-0.3, -0.25) is 0 Å². The molecule has 0 bridgehead atoms. The van der Waals surface area contributed by atoms with Crippen molar-refractivity contribution in [2.75, 3.05) is 0 Å². The maximum absolute atomic E-state index is 6.23. The summed E-state index contributed by atoms with van der Waals surface area (Å²) in [5.74, 6) is 0.995. The van der Waals surface area contributed by atoms with Crippen molar-refractivity contribution in [3.05, 3.63) is 238 Å². The van der Waals surface area contributed by atoms with Crippen LogP contribution in [0, 0.1) is 69.2 Å². The summed E-state index contributed by atoms with van der Waals surface area (Å²) in [6.45, 7) is 29.6. The fraction of sp³-hybridized carbons (Fsp3) is 0.238. The summed E-state index contributed by atoms with van der Waals surface area (Å²) in [4.78, 5) is 18.2. The summed E-state index contributed by atoms with van der Waals surface area (Å²) in [5, 5.41) is 8.77. The van der Waals surface area contributed by atoms with Crippen molar-refractivity contribution in [3.63, 3.8) is 0 Å². The lowest BCUT2D eigenvalue weighted by atomic mass is 9.97. The highest BCUT2D eigenvalue weighted by Gasteiger charge is 2.26. The molecule has 0 amide bonds. The average molecular weight is 1270 g/mol. The van der Waals surface area contributed by atoms with Gasteiger partial charge in [-0.25, -0.2) is 38.2 Å². The molecule has 0 aliphatic carbocycles. The van der Waals surface area contributed by atoms with Gasteiger partial charge in [0.05, 0.1) is 22.3 Å². The first kappa shape index (κ1) is 64.0. The molecule has 4 aromatic carbocycles. The van der Waals surface area contributed by atoms with E-state index in [-0.39, 0.29) is 0 Å². The highest BCUT2D eigenvalue weighted by Crippen LogP contribution is 2.41. The van der Waals surface area contributed by atoms with Gasteiger partial charge in [0, 0.05) is 113 Å². The number of fused-ring (bicyclic) bond motifs is 12. The predicted molar refractivity (Wildman–Crippen MR) is 388 cm³/mol. The van der Waals surface area contributed by atoms with Crippen LogP contribution in [0.4, 0.5) is 0 Å². The van der Waals surface area contributed by atoms with Crippen molar-refractivity contribution in [2.45, 2.75) is 109 Å². The normalized spacial score (nSPS) is 11.6. The highest BCUT2D eigenvalue weighted by atomic mass is 16.4. The van der Waals surface area contributed by atoms with Crippen LogP contribution in [-0.4, -0.2) is 19.9 Å². The Bertz CT molecular complexity index is 5740. The third-order valence-corrected chi connectivity index (χ3v) is 18.7. The second-order valence-corrected chi connectivity index (χ2v) is 26.8. The van der Waals surface area contributed by atoms with Gasteiger partial charge in [0.1, 0.15) is 28.2 Å². The number of hydrogen-bond donors (Lipinski definition) is 0. The maximum Gasteiger partial charge on any atom is 0.227 e. The second-order valence-electron chi connectivity index (χ2n) is 26.8. The van der Waals surface area contributed by atoms with Crippen molar-refractivity contribution < 1.29 is 35.9 Å². The van der Waals surface area contributed by atoms with Crippen LogP contribution in [0.3, 0.4) is 0 Å². The Balaban J connectivity index is 0.000000116. The molecule has 12 heterocycles. The molecule has 12 nitrogen and oxygen atoms in total. The number of benzene rings is 4. The first-order valence-corrected chi connectivity index (χ1v) is 33.1. The van der Waals surface area contributed by atoms with Gasteiger partial charge in [-0.2, -0.15) is 0 Å². The summed E-state index contributed by atoms with van der Waals surface area (Å²) in [7, 11) is 8.33. The summed E-state index contributed by atoms with van der Waals surface area (Å²) in [5.41, 5.74) is 29.5. The molecule has 0 N–H and O–H groups in total. The minimum atomic E-state index is 0.486. The van der Waals surface area contributed by atoms with E-state index >= 15 is 0 Å². The van der Waals surface area contributed by atoms with Gasteiger partial charge in [-0.15, -0.1) is 0 Å². The lowest BCUT2D eigenvalue weighted by molar-refractivity contribution is -0.660. The van der Waals surface area contributed by atoms with Gasteiger partial charge < -0.3 is 17.7 Å². The van der Waals surface area contributed by atoms with Crippen LogP contribution in [0.25, 0.3) is 133 Å². The van der Waals surface area contributed by atoms with E-state index in [9.17, 15) is 0 Å². The number of rotatable bonds is 6. The molecule has 12 aromatic heterocycles. The first-order valence-electron chi connectivity index (χ1n) is 33.1. The van der Waals surface area contributed by atoms with Gasteiger partial charge >= 0.3 is 0 Å². The Kier molecular flexibility index (Phi) is 17.0. The number of pyridine rings is 8. The first-order chi connectivity index (χ1) is 46.0. The molecule has 96 heavy (non-hydrogen) atoms. The summed E-state index contributed by atoms with van der Waals surface area (Å²) in [6.07, 6.45) is 8.57. The largest absolute Gasteiger partial charge is 0.437 e. The van der Waals surface area contributed by atoms with Crippen LogP contribution >= 0.6 is 0 Å². The zero-order valence-corrected chi connectivity index (χ0v) is 58.5. The minimum Gasteiger partial charge on any atom is -0.437 e. The van der Waals surface area contributed by atoms with E-state index < -0.39 is 0 Å². The van der Waals surface area contributed by atoms with Crippen LogP contribution < -0.4 is 18.3 Å². The van der Waals surface area contributed by atoms with Crippen molar-refractivity contribution >= 4 is 88.3 Å². The molecule has 0 fully saturated rings. The van der Waals surface area contributed by atoms with Gasteiger partial charge in [-0.1, -0.05) is 76.2 Å². The fourth-order valence-corrected chi connectivity index (χ4v) is 13.3. The van der Waals surface area contributed by atoms with E-state index in [1.54, 1.807) is 0 Å². The molecule has 0 saturated heterocycles. The zero-order valence-electron chi connectivity index (χ0n) is 58.5. The van der Waals surface area contributed by atoms with Crippen molar-refractivity contribution in [1.29, 1.82) is 0 Å². The molecule has 0 radical (unpaired) electrons. The average Bonchev–Trinajstić information content (AvgIpc) is 1.60. The summed E-state index contributed by atoms with van der Waals surface area (Å²) in [6, 6.07) is 51.2. The molecule has 0 aliphatic heterocycles. The third-order valence-electron chi connectivity index (χ3n) is 18.7. The van der Waals surface area contributed by atoms with Crippen LogP contribution in [0.1, 0.15) is 107 Å². The maximum atomic E-state index is 6.23. The van der Waals surface area contributed by atoms with Crippen molar-refractivity contribution in [2.24, 2.45) is 28.2 Å². The molecular formula is C84H84N8O4+4. The molecule has 0 aliphatic rings. The van der Waals surface area contributed by atoms with E-state index in [4.69, 9.17) is 17.7 Å². The van der Waals surface area contributed by atoms with Crippen LogP contribution in [0.5, 0.6) is 0 Å². The minimum absolute atomic E-state index is 0.486. The number of furan rings is 4.